The Labute approximate surface area is 207 Å². The van der Waals surface area contributed by atoms with Crippen molar-refractivity contribution in [2.45, 2.75) is 26.4 Å². The molecular formula is C27H26F3NO5. The first-order chi connectivity index (χ1) is 16.9. The molecule has 0 aliphatic heterocycles. The van der Waals surface area contributed by atoms with Crippen LogP contribution < -0.4 is 14.4 Å². The summed E-state index contributed by atoms with van der Waals surface area (Å²) >= 11 is 0. The van der Waals surface area contributed by atoms with Gasteiger partial charge in [-0.1, -0.05) is 12.1 Å². The molecule has 3 aromatic rings. The average molecular weight is 502 g/mol. The maximum atomic E-state index is 14.5. The van der Waals surface area contributed by atoms with Crippen molar-refractivity contribution in [3.63, 3.8) is 0 Å². The minimum absolute atomic E-state index is 0.157. The Morgan fingerprint density at radius 1 is 0.889 bits per heavy atom. The van der Waals surface area contributed by atoms with E-state index in [9.17, 15) is 22.8 Å². The second-order valence-electron chi connectivity index (χ2n) is 8.84. The highest BCUT2D eigenvalue weighted by atomic mass is 19.1. The minimum Gasteiger partial charge on any atom is -0.497 e. The number of esters is 1. The van der Waals surface area contributed by atoms with Gasteiger partial charge in [0.05, 0.1) is 14.2 Å². The first-order valence-electron chi connectivity index (χ1n) is 10.9. The third-order valence-corrected chi connectivity index (χ3v) is 5.05. The smallest absolute Gasteiger partial charge is 0.326 e. The lowest BCUT2D eigenvalue weighted by Gasteiger charge is -2.26. The quantitative estimate of drug-likeness (QED) is 0.384. The summed E-state index contributed by atoms with van der Waals surface area (Å²) in [6, 6.07) is 12.4. The Bertz CT molecular complexity index is 1260. The Kier molecular flexibility index (Phi) is 7.92. The average Bonchev–Trinajstić information content (AvgIpc) is 2.80. The van der Waals surface area contributed by atoms with Gasteiger partial charge in [0, 0.05) is 29.4 Å². The van der Waals surface area contributed by atoms with Gasteiger partial charge in [-0.05, 0) is 50.6 Å². The number of hydrogen-bond donors (Lipinski definition) is 0. The summed E-state index contributed by atoms with van der Waals surface area (Å²) in [5.41, 5.74) is -0.467. The number of carbonyl (C=O) groups excluding carboxylic acids is 2. The first kappa shape index (κ1) is 26.6. The van der Waals surface area contributed by atoms with Gasteiger partial charge in [-0.2, -0.15) is 0 Å². The number of methoxy groups -OCH3 is 2. The lowest BCUT2D eigenvalue weighted by molar-refractivity contribution is -0.152. The maximum absolute atomic E-state index is 14.5. The molecule has 1 amide bonds. The predicted octanol–water partition coefficient (Wildman–Crippen LogP) is 5.78. The third-order valence-electron chi connectivity index (χ3n) is 5.05. The molecule has 36 heavy (non-hydrogen) atoms. The van der Waals surface area contributed by atoms with Gasteiger partial charge in [0.15, 0.2) is 0 Å². The number of ether oxygens (including phenoxy) is 3. The summed E-state index contributed by atoms with van der Waals surface area (Å²) in [5.74, 6) is -4.88. The normalized spacial score (nSPS) is 11.1. The molecule has 0 unspecified atom stereocenters. The van der Waals surface area contributed by atoms with Gasteiger partial charge in [0.1, 0.15) is 46.7 Å². The van der Waals surface area contributed by atoms with E-state index in [0.717, 1.165) is 4.90 Å². The van der Waals surface area contributed by atoms with Crippen molar-refractivity contribution in [1.82, 2.24) is 0 Å². The molecule has 0 aliphatic rings. The van der Waals surface area contributed by atoms with Gasteiger partial charge >= 0.3 is 5.97 Å². The Balaban J connectivity index is 2.10. The predicted molar refractivity (Wildman–Crippen MR) is 129 cm³/mol. The lowest BCUT2D eigenvalue weighted by atomic mass is 10.0. The van der Waals surface area contributed by atoms with Crippen molar-refractivity contribution in [3.05, 3.63) is 77.6 Å². The SMILES string of the molecule is COc1ccc(-c2cccc(N(CC(=O)OC(C)(C)C)C(=O)c3c(F)cc(F)cc3F)c2)c(OC)c1. The summed E-state index contributed by atoms with van der Waals surface area (Å²) < 4.78 is 58.4. The van der Waals surface area contributed by atoms with Crippen LogP contribution in [0.15, 0.2) is 54.6 Å². The molecule has 0 radical (unpaired) electrons. The number of nitrogens with zero attached hydrogens (tertiary/aromatic N) is 1. The van der Waals surface area contributed by atoms with E-state index in [1.165, 1.54) is 20.3 Å². The summed E-state index contributed by atoms with van der Waals surface area (Å²) in [4.78, 5) is 26.8. The molecule has 0 spiro atoms. The molecule has 0 saturated heterocycles. The van der Waals surface area contributed by atoms with Gasteiger partial charge in [0.2, 0.25) is 0 Å². The van der Waals surface area contributed by atoms with Crippen LogP contribution in [0, 0.1) is 17.5 Å². The second kappa shape index (κ2) is 10.7. The van der Waals surface area contributed by atoms with E-state index in [-0.39, 0.29) is 5.69 Å². The number of hydrogen-bond acceptors (Lipinski definition) is 5. The molecule has 0 fully saturated rings. The molecule has 0 bridgehead atoms. The van der Waals surface area contributed by atoms with E-state index in [1.54, 1.807) is 57.2 Å². The third kappa shape index (κ3) is 6.16. The zero-order valence-corrected chi connectivity index (χ0v) is 20.5. The van der Waals surface area contributed by atoms with Crippen molar-refractivity contribution in [3.8, 4) is 22.6 Å². The summed E-state index contributed by atoms with van der Waals surface area (Å²) in [6.07, 6.45) is 0. The zero-order valence-electron chi connectivity index (χ0n) is 20.5. The largest absolute Gasteiger partial charge is 0.497 e. The molecule has 0 saturated carbocycles. The fourth-order valence-corrected chi connectivity index (χ4v) is 3.54. The number of anilines is 1. The van der Waals surface area contributed by atoms with Crippen LogP contribution in [0.25, 0.3) is 11.1 Å². The first-order valence-corrected chi connectivity index (χ1v) is 10.9. The fraction of sp³-hybridized carbons (Fsp3) is 0.259. The highest BCUT2D eigenvalue weighted by molar-refractivity contribution is 6.09. The molecule has 9 heteroatoms. The molecule has 6 nitrogen and oxygen atoms in total. The number of benzene rings is 3. The standard InChI is InChI=1S/C27H26F3NO5/c1-27(2,3)36-24(32)15-31(26(33)25-21(29)12-17(28)13-22(25)30)18-8-6-7-16(11-18)20-10-9-19(34-4)14-23(20)35-5/h6-14H,15H2,1-5H3. The monoisotopic (exact) mass is 501 g/mol. The zero-order chi connectivity index (χ0) is 26.6. The summed E-state index contributed by atoms with van der Waals surface area (Å²) in [6.45, 7) is 4.29. The van der Waals surface area contributed by atoms with Crippen LogP contribution in [-0.2, 0) is 9.53 Å². The molecule has 0 aromatic heterocycles. The Morgan fingerprint density at radius 3 is 2.14 bits per heavy atom. The van der Waals surface area contributed by atoms with Gasteiger partial charge in [-0.3, -0.25) is 14.5 Å². The molecular weight excluding hydrogens is 475 g/mol. The highest BCUT2D eigenvalue weighted by Crippen LogP contribution is 2.35. The number of amides is 1. The van der Waals surface area contributed by atoms with Crippen LogP contribution in [0.5, 0.6) is 11.5 Å². The maximum Gasteiger partial charge on any atom is 0.326 e. The summed E-state index contributed by atoms with van der Waals surface area (Å²) in [5, 5.41) is 0. The van der Waals surface area contributed by atoms with E-state index in [4.69, 9.17) is 14.2 Å². The van der Waals surface area contributed by atoms with Crippen LogP contribution in [0.3, 0.4) is 0 Å². The Hall–Kier alpha value is -4.01. The number of rotatable bonds is 7. The molecule has 3 aromatic carbocycles. The van der Waals surface area contributed by atoms with Crippen LogP contribution in [0.4, 0.5) is 18.9 Å². The minimum atomic E-state index is -1.39. The number of halogens is 3. The molecule has 190 valence electrons. The van der Waals surface area contributed by atoms with Crippen molar-refractivity contribution in [2.75, 3.05) is 25.7 Å². The summed E-state index contributed by atoms with van der Waals surface area (Å²) in [7, 11) is 3.00. The van der Waals surface area contributed by atoms with Gasteiger partial charge in [-0.15, -0.1) is 0 Å². The van der Waals surface area contributed by atoms with Crippen LogP contribution in [0.1, 0.15) is 31.1 Å². The molecule has 0 atom stereocenters. The van der Waals surface area contributed by atoms with Gasteiger partial charge in [0.25, 0.3) is 5.91 Å². The van der Waals surface area contributed by atoms with E-state index in [0.29, 0.717) is 34.8 Å². The van der Waals surface area contributed by atoms with Gasteiger partial charge in [-0.25, -0.2) is 13.2 Å². The number of carbonyl (C=O) groups is 2. The van der Waals surface area contributed by atoms with Crippen molar-refractivity contribution >= 4 is 17.6 Å². The van der Waals surface area contributed by atoms with Crippen molar-refractivity contribution < 1.29 is 37.0 Å². The van der Waals surface area contributed by atoms with Crippen LogP contribution in [-0.4, -0.2) is 38.2 Å². The van der Waals surface area contributed by atoms with E-state index < -0.39 is 47.0 Å². The van der Waals surface area contributed by atoms with E-state index >= 15 is 0 Å². The molecule has 0 aliphatic carbocycles. The van der Waals surface area contributed by atoms with Crippen molar-refractivity contribution in [2.24, 2.45) is 0 Å². The van der Waals surface area contributed by atoms with Gasteiger partial charge < -0.3 is 14.2 Å². The van der Waals surface area contributed by atoms with Crippen molar-refractivity contribution in [1.29, 1.82) is 0 Å². The molecule has 0 N–H and O–H groups in total. The van der Waals surface area contributed by atoms with E-state index in [2.05, 4.69) is 0 Å². The molecule has 0 heterocycles. The molecule has 3 rings (SSSR count). The van der Waals surface area contributed by atoms with Crippen LogP contribution >= 0.6 is 0 Å². The Morgan fingerprint density at radius 2 is 1.56 bits per heavy atom. The highest BCUT2D eigenvalue weighted by Gasteiger charge is 2.29. The second-order valence-corrected chi connectivity index (χ2v) is 8.84. The van der Waals surface area contributed by atoms with Crippen LogP contribution in [0.2, 0.25) is 0 Å². The lowest BCUT2D eigenvalue weighted by Crippen LogP contribution is -2.39. The van der Waals surface area contributed by atoms with E-state index in [1.807, 2.05) is 0 Å². The fourth-order valence-electron chi connectivity index (χ4n) is 3.54. The topological polar surface area (TPSA) is 65.1 Å².